The molecule has 1 aliphatic carbocycles. The number of nitrogens with zero attached hydrogens (tertiary/aromatic N) is 1. The molecule has 3 nitrogen and oxygen atoms in total. The van der Waals surface area contributed by atoms with Crippen LogP contribution in [0.2, 0.25) is 0 Å². The van der Waals surface area contributed by atoms with Crippen molar-refractivity contribution in [1.82, 2.24) is 4.90 Å². The predicted octanol–water partition coefficient (Wildman–Crippen LogP) is 1.12. The van der Waals surface area contributed by atoms with Gasteiger partial charge in [0.1, 0.15) is 0 Å². The average molecular weight is 225 g/mol. The SMILES string of the molecule is OC(CN1CC2CCCC2C1)C1CCOC1. The van der Waals surface area contributed by atoms with E-state index in [9.17, 15) is 5.11 Å². The number of fused-ring (bicyclic) bond motifs is 1. The maximum atomic E-state index is 10.2. The Balaban J connectivity index is 1.48. The Kier molecular flexibility index (Phi) is 3.18. The zero-order valence-corrected chi connectivity index (χ0v) is 9.98. The van der Waals surface area contributed by atoms with Crippen LogP contribution >= 0.6 is 0 Å². The molecule has 16 heavy (non-hydrogen) atoms. The van der Waals surface area contributed by atoms with Crippen molar-refractivity contribution in [2.75, 3.05) is 32.8 Å². The van der Waals surface area contributed by atoms with Gasteiger partial charge in [-0.2, -0.15) is 0 Å². The van der Waals surface area contributed by atoms with Crippen LogP contribution in [0.15, 0.2) is 0 Å². The third-order valence-electron chi connectivity index (χ3n) is 4.76. The van der Waals surface area contributed by atoms with E-state index in [0.717, 1.165) is 38.0 Å². The Morgan fingerprint density at radius 1 is 1.19 bits per heavy atom. The van der Waals surface area contributed by atoms with E-state index in [1.807, 2.05) is 0 Å². The summed E-state index contributed by atoms with van der Waals surface area (Å²) < 4.78 is 5.34. The first-order valence-electron chi connectivity index (χ1n) is 6.81. The van der Waals surface area contributed by atoms with Gasteiger partial charge in [0.15, 0.2) is 0 Å². The molecule has 0 radical (unpaired) electrons. The van der Waals surface area contributed by atoms with Gasteiger partial charge in [-0.3, -0.25) is 0 Å². The number of ether oxygens (including phenoxy) is 1. The van der Waals surface area contributed by atoms with Gasteiger partial charge >= 0.3 is 0 Å². The number of hydrogen-bond donors (Lipinski definition) is 1. The third kappa shape index (κ3) is 2.13. The van der Waals surface area contributed by atoms with Crippen LogP contribution in [0.3, 0.4) is 0 Å². The lowest BCUT2D eigenvalue weighted by molar-refractivity contribution is 0.0606. The number of likely N-dealkylation sites (tertiary alicyclic amines) is 1. The first-order valence-corrected chi connectivity index (χ1v) is 6.81. The van der Waals surface area contributed by atoms with E-state index in [4.69, 9.17) is 4.74 Å². The summed E-state index contributed by atoms with van der Waals surface area (Å²) >= 11 is 0. The average Bonchev–Trinajstić information content (AvgIpc) is 2.91. The summed E-state index contributed by atoms with van der Waals surface area (Å²) in [5.41, 5.74) is 0. The highest BCUT2D eigenvalue weighted by Crippen LogP contribution is 2.37. The van der Waals surface area contributed by atoms with Crippen molar-refractivity contribution in [1.29, 1.82) is 0 Å². The summed E-state index contributed by atoms with van der Waals surface area (Å²) in [5.74, 6) is 2.26. The van der Waals surface area contributed by atoms with E-state index >= 15 is 0 Å². The second-order valence-electron chi connectivity index (χ2n) is 5.86. The van der Waals surface area contributed by atoms with E-state index in [-0.39, 0.29) is 6.10 Å². The minimum absolute atomic E-state index is 0.165. The Bertz CT molecular complexity index is 228. The molecule has 0 amide bonds. The predicted molar refractivity (Wildman–Crippen MR) is 62.2 cm³/mol. The molecule has 1 saturated carbocycles. The Labute approximate surface area is 97.8 Å². The first-order chi connectivity index (χ1) is 7.83. The van der Waals surface area contributed by atoms with E-state index in [0.29, 0.717) is 5.92 Å². The van der Waals surface area contributed by atoms with Gasteiger partial charge in [-0.25, -0.2) is 0 Å². The highest BCUT2D eigenvalue weighted by molar-refractivity contribution is 4.90. The lowest BCUT2D eigenvalue weighted by Gasteiger charge is -2.23. The molecule has 2 heterocycles. The van der Waals surface area contributed by atoms with Crippen molar-refractivity contribution in [3.63, 3.8) is 0 Å². The van der Waals surface area contributed by atoms with Crippen molar-refractivity contribution < 1.29 is 9.84 Å². The topological polar surface area (TPSA) is 32.7 Å². The first kappa shape index (κ1) is 11.0. The number of hydrogen-bond acceptors (Lipinski definition) is 3. The molecule has 3 heteroatoms. The standard InChI is InChI=1S/C13H23NO2/c15-13(12-4-5-16-9-12)8-14-6-10-2-1-3-11(10)7-14/h10-13,15H,1-9H2. The van der Waals surface area contributed by atoms with E-state index in [2.05, 4.69) is 4.90 Å². The maximum absolute atomic E-state index is 10.2. The molecule has 0 spiro atoms. The highest BCUT2D eigenvalue weighted by Gasteiger charge is 2.37. The van der Waals surface area contributed by atoms with Gasteiger partial charge in [0, 0.05) is 32.2 Å². The monoisotopic (exact) mass is 225 g/mol. The molecule has 1 N–H and O–H groups in total. The van der Waals surface area contributed by atoms with Crippen molar-refractivity contribution in [2.24, 2.45) is 17.8 Å². The molecule has 3 aliphatic rings. The van der Waals surface area contributed by atoms with Crippen molar-refractivity contribution in [3.05, 3.63) is 0 Å². The molecule has 2 aliphatic heterocycles. The van der Waals surface area contributed by atoms with Gasteiger partial charge < -0.3 is 14.7 Å². The molecule has 2 saturated heterocycles. The molecule has 0 aromatic carbocycles. The summed E-state index contributed by atoms with van der Waals surface area (Å²) in [6.07, 6.45) is 5.15. The minimum atomic E-state index is -0.165. The largest absolute Gasteiger partial charge is 0.391 e. The lowest BCUT2D eigenvalue weighted by atomic mass is 10.0. The van der Waals surface area contributed by atoms with Crippen molar-refractivity contribution in [2.45, 2.75) is 31.8 Å². The fourth-order valence-corrected chi connectivity index (χ4v) is 3.75. The summed E-state index contributed by atoms with van der Waals surface area (Å²) in [7, 11) is 0. The van der Waals surface area contributed by atoms with E-state index in [1.165, 1.54) is 32.4 Å². The number of rotatable bonds is 3. The van der Waals surface area contributed by atoms with Gasteiger partial charge in [0.25, 0.3) is 0 Å². The summed E-state index contributed by atoms with van der Waals surface area (Å²) in [5, 5.41) is 10.2. The third-order valence-corrected chi connectivity index (χ3v) is 4.76. The second kappa shape index (κ2) is 4.63. The van der Waals surface area contributed by atoms with Gasteiger partial charge in [-0.1, -0.05) is 6.42 Å². The van der Waals surface area contributed by atoms with Crippen LogP contribution in [0.1, 0.15) is 25.7 Å². The molecule has 4 unspecified atom stereocenters. The van der Waals surface area contributed by atoms with E-state index < -0.39 is 0 Å². The van der Waals surface area contributed by atoms with Crippen LogP contribution in [0, 0.1) is 17.8 Å². The molecule has 0 aromatic heterocycles. The van der Waals surface area contributed by atoms with Gasteiger partial charge in [-0.15, -0.1) is 0 Å². The fraction of sp³-hybridized carbons (Fsp3) is 1.00. The molecule has 0 aromatic rings. The molecule has 3 rings (SSSR count). The van der Waals surface area contributed by atoms with Gasteiger partial charge in [0.2, 0.25) is 0 Å². The molecule has 0 bridgehead atoms. The van der Waals surface area contributed by atoms with Crippen molar-refractivity contribution in [3.8, 4) is 0 Å². The molecule has 3 fully saturated rings. The zero-order valence-electron chi connectivity index (χ0n) is 9.98. The Morgan fingerprint density at radius 2 is 1.94 bits per heavy atom. The quantitative estimate of drug-likeness (QED) is 0.781. The molecule has 92 valence electrons. The molecule has 4 atom stereocenters. The summed E-state index contributed by atoms with van der Waals surface area (Å²) in [6, 6.07) is 0. The summed E-state index contributed by atoms with van der Waals surface area (Å²) in [6.45, 7) is 4.94. The fourth-order valence-electron chi connectivity index (χ4n) is 3.75. The maximum Gasteiger partial charge on any atom is 0.0718 e. The van der Waals surface area contributed by atoms with Gasteiger partial charge in [-0.05, 0) is 31.1 Å². The normalized spacial score (nSPS) is 41.4. The molecular formula is C13H23NO2. The highest BCUT2D eigenvalue weighted by atomic mass is 16.5. The van der Waals surface area contributed by atoms with Crippen LogP contribution in [0.4, 0.5) is 0 Å². The Hall–Kier alpha value is -0.120. The van der Waals surface area contributed by atoms with Crippen LogP contribution in [-0.4, -0.2) is 49.0 Å². The summed E-state index contributed by atoms with van der Waals surface area (Å²) in [4.78, 5) is 2.48. The molecular weight excluding hydrogens is 202 g/mol. The van der Waals surface area contributed by atoms with Crippen LogP contribution in [-0.2, 0) is 4.74 Å². The van der Waals surface area contributed by atoms with Crippen molar-refractivity contribution >= 4 is 0 Å². The van der Waals surface area contributed by atoms with Crippen LogP contribution in [0.5, 0.6) is 0 Å². The smallest absolute Gasteiger partial charge is 0.0718 e. The van der Waals surface area contributed by atoms with Crippen LogP contribution in [0.25, 0.3) is 0 Å². The zero-order chi connectivity index (χ0) is 11.0. The number of β-amino-alcohol motifs (C(OH)–C–C–N with tert-alkyl or cyclic N) is 1. The number of aliphatic hydroxyl groups is 1. The van der Waals surface area contributed by atoms with Crippen LogP contribution < -0.4 is 0 Å². The van der Waals surface area contributed by atoms with Gasteiger partial charge in [0.05, 0.1) is 12.7 Å². The Morgan fingerprint density at radius 3 is 2.56 bits per heavy atom. The lowest BCUT2D eigenvalue weighted by Crippen LogP contribution is -2.36. The number of aliphatic hydroxyl groups excluding tert-OH is 1. The second-order valence-corrected chi connectivity index (χ2v) is 5.86. The minimum Gasteiger partial charge on any atom is -0.391 e. The van der Waals surface area contributed by atoms with E-state index in [1.54, 1.807) is 0 Å².